The Morgan fingerprint density at radius 2 is 0.531 bits per heavy atom. The van der Waals surface area contributed by atoms with Gasteiger partial charge in [0, 0.05) is 13.0 Å². The largest absolute Gasteiger partial charge is 0.463 e. The third-order valence-corrected chi connectivity index (χ3v) is 7.59. The van der Waals surface area contributed by atoms with Crippen molar-refractivity contribution in [1.29, 1.82) is 0 Å². The molecule has 0 aromatic carbocycles. The number of carbonyl (C=O) groups is 1. The van der Waals surface area contributed by atoms with Crippen LogP contribution in [0.15, 0.2) is 0 Å². The molecular formula is C38H76O11. The molecule has 0 saturated heterocycles. The predicted octanol–water partition coefficient (Wildman–Crippen LogP) is 6.96. The van der Waals surface area contributed by atoms with Crippen molar-refractivity contribution in [3.8, 4) is 0 Å². The number of hydrogen-bond donors (Lipinski definition) is 0. The van der Waals surface area contributed by atoms with Crippen molar-refractivity contribution in [1.82, 2.24) is 0 Å². The molecule has 0 aliphatic carbocycles. The summed E-state index contributed by atoms with van der Waals surface area (Å²) in [7, 11) is 0. The predicted molar refractivity (Wildman–Crippen MR) is 194 cm³/mol. The summed E-state index contributed by atoms with van der Waals surface area (Å²) >= 11 is 0. The van der Waals surface area contributed by atoms with Crippen molar-refractivity contribution in [2.24, 2.45) is 0 Å². The highest BCUT2D eigenvalue weighted by molar-refractivity contribution is 5.69. The van der Waals surface area contributed by atoms with E-state index in [-0.39, 0.29) is 5.97 Å². The van der Waals surface area contributed by atoms with Gasteiger partial charge in [-0.05, 0) is 12.8 Å². The molecule has 49 heavy (non-hydrogen) atoms. The maximum atomic E-state index is 11.9. The van der Waals surface area contributed by atoms with Crippen LogP contribution in [0, 0.1) is 0 Å². The zero-order chi connectivity index (χ0) is 35.4. The maximum absolute atomic E-state index is 11.9. The minimum atomic E-state index is -0.128. The van der Waals surface area contributed by atoms with E-state index in [1.165, 1.54) is 70.6 Å². The quantitative estimate of drug-likeness (QED) is 0.0484. The molecule has 11 heteroatoms. The molecule has 0 radical (unpaired) electrons. The van der Waals surface area contributed by atoms with Crippen LogP contribution in [-0.2, 0) is 52.2 Å². The van der Waals surface area contributed by atoms with E-state index >= 15 is 0 Å². The fourth-order valence-corrected chi connectivity index (χ4v) is 4.68. The van der Waals surface area contributed by atoms with Gasteiger partial charge in [-0.25, -0.2) is 0 Å². The van der Waals surface area contributed by atoms with Crippen LogP contribution in [0.3, 0.4) is 0 Å². The Morgan fingerprint density at radius 3 is 0.837 bits per heavy atom. The van der Waals surface area contributed by atoms with Crippen molar-refractivity contribution >= 4 is 5.97 Å². The second kappa shape index (κ2) is 45.1. The van der Waals surface area contributed by atoms with E-state index in [4.69, 9.17) is 47.4 Å². The van der Waals surface area contributed by atoms with Gasteiger partial charge in [-0.1, -0.05) is 97.3 Å². The molecular weight excluding hydrogens is 632 g/mol. The van der Waals surface area contributed by atoms with E-state index < -0.39 is 0 Å². The first kappa shape index (κ1) is 48.1. The van der Waals surface area contributed by atoms with Gasteiger partial charge in [0.15, 0.2) is 0 Å². The van der Waals surface area contributed by atoms with Gasteiger partial charge in [-0.15, -0.1) is 0 Å². The fraction of sp³-hybridized carbons (Fsp3) is 0.974. The lowest BCUT2D eigenvalue weighted by Gasteiger charge is -2.09. The summed E-state index contributed by atoms with van der Waals surface area (Å²) in [5.74, 6) is -0.128. The summed E-state index contributed by atoms with van der Waals surface area (Å²) in [5.41, 5.74) is 0. The summed E-state index contributed by atoms with van der Waals surface area (Å²) in [6, 6.07) is 0. The second-order valence-corrected chi connectivity index (χ2v) is 12.1. The van der Waals surface area contributed by atoms with Crippen molar-refractivity contribution < 1.29 is 52.2 Å². The van der Waals surface area contributed by atoms with Gasteiger partial charge < -0.3 is 47.4 Å². The Morgan fingerprint density at radius 1 is 0.286 bits per heavy atom. The molecule has 0 unspecified atom stereocenters. The van der Waals surface area contributed by atoms with Crippen LogP contribution in [0.1, 0.15) is 117 Å². The second-order valence-electron chi connectivity index (χ2n) is 12.1. The molecule has 0 aliphatic heterocycles. The summed E-state index contributed by atoms with van der Waals surface area (Å²) in [6.45, 7) is 14.3. The van der Waals surface area contributed by atoms with Crippen LogP contribution < -0.4 is 0 Å². The van der Waals surface area contributed by atoms with Gasteiger partial charge in [0.25, 0.3) is 0 Å². The van der Waals surface area contributed by atoms with Crippen LogP contribution in [0.4, 0.5) is 0 Å². The lowest BCUT2D eigenvalue weighted by atomic mass is 10.0. The van der Waals surface area contributed by atoms with E-state index in [2.05, 4.69) is 13.8 Å². The Hall–Kier alpha value is -0.890. The molecule has 0 aromatic heterocycles. The van der Waals surface area contributed by atoms with Crippen molar-refractivity contribution in [3.63, 3.8) is 0 Å². The number of esters is 1. The third-order valence-electron chi connectivity index (χ3n) is 7.59. The number of carbonyl (C=O) groups excluding carboxylic acids is 1. The zero-order valence-corrected chi connectivity index (χ0v) is 31.7. The van der Waals surface area contributed by atoms with Gasteiger partial charge in [0.2, 0.25) is 0 Å². The molecule has 11 nitrogen and oxygen atoms in total. The Bertz CT molecular complexity index is 612. The molecule has 0 saturated carbocycles. The first-order valence-electron chi connectivity index (χ1n) is 19.7. The molecule has 0 fully saturated rings. The maximum Gasteiger partial charge on any atom is 0.305 e. The lowest BCUT2D eigenvalue weighted by Crippen LogP contribution is -2.15. The zero-order valence-electron chi connectivity index (χ0n) is 31.7. The van der Waals surface area contributed by atoms with Crippen LogP contribution in [-0.4, -0.2) is 132 Å². The van der Waals surface area contributed by atoms with E-state index in [1.807, 2.05) is 0 Å². The van der Waals surface area contributed by atoms with Crippen LogP contribution in [0.25, 0.3) is 0 Å². The molecule has 0 amide bonds. The summed E-state index contributed by atoms with van der Waals surface area (Å²) in [6.07, 6.45) is 19.6. The smallest absolute Gasteiger partial charge is 0.305 e. The first-order valence-corrected chi connectivity index (χ1v) is 19.7. The number of unbranched alkanes of at least 4 members (excludes halogenated alkanes) is 13. The molecule has 0 rings (SSSR count). The van der Waals surface area contributed by atoms with Gasteiger partial charge in [-0.3, -0.25) is 4.79 Å². The summed E-state index contributed by atoms with van der Waals surface area (Å²) in [4.78, 5) is 11.9. The lowest BCUT2D eigenvalue weighted by molar-refractivity contribution is -0.145. The fourth-order valence-electron chi connectivity index (χ4n) is 4.68. The van der Waals surface area contributed by atoms with E-state index in [0.717, 1.165) is 32.3 Å². The summed E-state index contributed by atoms with van der Waals surface area (Å²) in [5, 5.41) is 0. The Labute approximate surface area is 300 Å². The molecule has 0 bridgehead atoms. The van der Waals surface area contributed by atoms with Gasteiger partial charge >= 0.3 is 5.97 Å². The van der Waals surface area contributed by atoms with E-state index in [9.17, 15) is 4.79 Å². The SMILES string of the molecule is CCCCCCCCCCCCCCCC(=O)OCCOCCOCCOCCOCCOCCOCCOCCOCCOCCCC. The average molecular weight is 709 g/mol. The average Bonchev–Trinajstić information content (AvgIpc) is 3.11. The van der Waals surface area contributed by atoms with Gasteiger partial charge in [0.05, 0.1) is 112 Å². The molecule has 294 valence electrons. The molecule has 0 atom stereocenters. The van der Waals surface area contributed by atoms with E-state index in [0.29, 0.717) is 125 Å². The van der Waals surface area contributed by atoms with Gasteiger partial charge in [0.1, 0.15) is 6.61 Å². The number of hydrogen-bond acceptors (Lipinski definition) is 11. The Balaban J connectivity index is 3.12. The first-order chi connectivity index (χ1) is 24.3. The number of rotatable bonds is 44. The summed E-state index contributed by atoms with van der Waals surface area (Å²) < 4.78 is 54.5. The molecule has 0 heterocycles. The van der Waals surface area contributed by atoms with Crippen molar-refractivity contribution in [3.05, 3.63) is 0 Å². The van der Waals surface area contributed by atoms with Crippen LogP contribution >= 0.6 is 0 Å². The van der Waals surface area contributed by atoms with E-state index in [1.54, 1.807) is 0 Å². The normalized spacial score (nSPS) is 11.5. The molecule has 0 spiro atoms. The minimum Gasteiger partial charge on any atom is -0.463 e. The molecule has 0 aromatic rings. The highest BCUT2D eigenvalue weighted by Gasteiger charge is 2.03. The molecule has 0 N–H and O–H groups in total. The van der Waals surface area contributed by atoms with Crippen molar-refractivity contribution in [2.75, 3.05) is 126 Å². The third kappa shape index (κ3) is 45.1. The van der Waals surface area contributed by atoms with Crippen molar-refractivity contribution in [2.45, 2.75) is 117 Å². The molecule has 0 aliphatic rings. The highest BCUT2D eigenvalue weighted by Crippen LogP contribution is 2.13. The number of ether oxygens (including phenoxy) is 10. The highest BCUT2D eigenvalue weighted by atomic mass is 16.6. The van der Waals surface area contributed by atoms with Gasteiger partial charge in [-0.2, -0.15) is 0 Å². The minimum absolute atomic E-state index is 0.128. The monoisotopic (exact) mass is 709 g/mol. The van der Waals surface area contributed by atoms with Crippen LogP contribution in [0.5, 0.6) is 0 Å². The Kier molecular flexibility index (Phi) is 44.3. The topological polar surface area (TPSA) is 109 Å². The standard InChI is InChI=1S/C38H76O11/c1-3-5-7-8-9-10-11-12-13-14-15-16-17-18-38(39)49-37-36-48-35-34-47-33-32-46-31-30-45-29-28-44-27-26-43-25-24-42-23-22-41-21-20-40-19-6-4-2/h3-37H2,1-2H3. The van der Waals surface area contributed by atoms with Crippen LogP contribution in [0.2, 0.25) is 0 Å².